The zero-order valence-electron chi connectivity index (χ0n) is 24.5. The Kier molecular flexibility index (Phi) is 8.53. The average molecular weight is 661 g/mol. The first kappa shape index (κ1) is 30.1. The highest BCUT2D eigenvalue weighted by atomic mass is 32.2. The Bertz CT molecular complexity index is 1990. The topological polar surface area (TPSA) is 75.7 Å². The van der Waals surface area contributed by atoms with Gasteiger partial charge in [0.05, 0.1) is 6.42 Å². The molecule has 0 bridgehead atoms. The van der Waals surface area contributed by atoms with Crippen LogP contribution in [0.15, 0.2) is 132 Å². The van der Waals surface area contributed by atoms with Crippen molar-refractivity contribution in [3.63, 3.8) is 0 Å². The van der Waals surface area contributed by atoms with E-state index in [9.17, 15) is 14.4 Å². The van der Waals surface area contributed by atoms with E-state index < -0.39 is 12.1 Å². The highest BCUT2D eigenvalue weighted by molar-refractivity contribution is 8.00. The molecule has 9 heteroatoms. The van der Waals surface area contributed by atoms with E-state index >= 15 is 0 Å². The smallest absolute Gasteiger partial charge is 0.253 e. The van der Waals surface area contributed by atoms with Gasteiger partial charge in [-0.3, -0.25) is 19.3 Å². The van der Waals surface area contributed by atoms with Crippen molar-refractivity contribution in [2.24, 2.45) is 0 Å². The van der Waals surface area contributed by atoms with E-state index in [4.69, 9.17) is 17.0 Å². The Morgan fingerprint density at radius 3 is 2.15 bits per heavy atom. The lowest BCUT2D eigenvalue weighted by molar-refractivity contribution is -0.145. The minimum atomic E-state index is -0.699. The first-order chi connectivity index (χ1) is 22.5. The van der Waals surface area contributed by atoms with Crippen molar-refractivity contribution in [3.05, 3.63) is 159 Å². The lowest BCUT2D eigenvalue weighted by Gasteiger charge is -2.50. The lowest BCUT2D eigenvalue weighted by Crippen LogP contribution is -2.70. The lowest BCUT2D eigenvalue weighted by atomic mass is 10.00. The fraction of sp³-hybridized carbons (Fsp3) is 0.135. The van der Waals surface area contributed by atoms with Crippen LogP contribution in [0.2, 0.25) is 0 Å². The van der Waals surface area contributed by atoms with Crippen molar-refractivity contribution in [1.82, 2.24) is 10.2 Å². The third kappa shape index (κ3) is 5.89. The monoisotopic (exact) mass is 660 g/mol. The molecule has 2 atom stereocenters. The summed E-state index contributed by atoms with van der Waals surface area (Å²) in [6, 6.07) is 37.5. The molecule has 7 rings (SSSR count). The molecule has 228 valence electrons. The Hall–Kier alpha value is -4.57. The summed E-state index contributed by atoms with van der Waals surface area (Å²) in [6.45, 7) is 0. The SMILES string of the molecule is O=C(Cc1ccccc1)NC1C(=O)N2C(C(=S)OC(c3ccccc3)c3ccccc3)=C(c3cc(=O)c4ccccc4s3)CS[C@H]12. The highest BCUT2D eigenvalue weighted by Crippen LogP contribution is 2.45. The van der Waals surface area contributed by atoms with Crippen molar-refractivity contribution in [2.45, 2.75) is 23.9 Å². The average Bonchev–Trinajstić information content (AvgIpc) is 3.10. The van der Waals surface area contributed by atoms with Gasteiger partial charge in [0.15, 0.2) is 5.43 Å². The molecule has 2 amide bonds. The van der Waals surface area contributed by atoms with E-state index in [1.807, 2.05) is 115 Å². The molecular formula is C37H28N2O4S3. The molecule has 0 spiro atoms. The second-order valence-corrected chi connectivity index (χ2v) is 13.6. The Morgan fingerprint density at radius 1 is 0.870 bits per heavy atom. The van der Waals surface area contributed by atoms with Crippen molar-refractivity contribution < 1.29 is 14.3 Å². The van der Waals surface area contributed by atoms with Crippen molar-refractivity contribution in [3.8, 4) is 0 Å². The summed E-state index contributed by atoms with van der Waals surface area (Å²) < 4.78 is 7.49. The third-order valence-electron chi connectivity index (χ3n) is 8.05. The van der Waals surface area contributed by atoms with Gasteiger partial charge in [0.2, 0.25) is 11.0 Å². The molecule has 1 saturated heterocycles. The van der Waals surface area contributed by atoms with Crippen LogP contribution in [0.4, 0.5) is 0 Å². The Balaban J connectivity index is 1.26. The number of nitrogens with one attached hydrogen (secondary N) is 1. The van der Waals surface area contributed by atoms with Crippen LogP contribution in [-0.4, -0.2) is 38.9 Å². The van der Waals surface area contributed by atoms with Crippen LogP contribution in [0.1, 0.15) is 27.7 Å². The molecule has 0 aliphatic carbocycles. The molecule has 3 heterocycles. The van der Waals surface area contributed by atoms with Gasteiger partial charge in [-0.1, -0.05) is 103 Å². The highest BCUT2D eigenvalue weighted by Gasteiger charge is 2.54. The number of ether oxygens (including phenoxy) is 1. The molecule has 5 aromatic rings. The first-order valence-corrected chi connectivity index (χ1v) is 17.1. The van der Waals surface area contributed by atoms with Gasteiger partial charge in [0, 0.05) is 32.4 Å². The van der Waals surface area contributed by atoms with E-state index in [0.29, 0.717) is 16.8 Å². The summed E-state index contributed by atoms with van der Waals surface area (Å²) >= 11 is 9.07. The molecule has 1 unspecified atom stereocenters. The molecule has 6 nitrogen and oxygen atoms in total. The van der Waals surface area contributed by atoms with E-state index in [-0.39, 0.29) is 34.1 Å². The van der Waals surface area contributed by atoms with E-state index in [2.05, 4.69) is 5.32 Å². The molecule has 1 fully saturated rings. The zero-order valence-corrected chi connectivity index (χ0v) is 26.9. The molecule has 1 N–H and O–H groups in total. The summed E-state index contributed by atoms with van der Waals surface area (Å²) in [4.78, 5) is 42.4. The number of nitrogens with zero attached hydrogens (tertiary/aromatic N) is 1. The molecule has 0 radical (unpaired) electrons. The van der Waals surface area contributed by atoms with Crippen LogP contribution in [0.25, 0.3) is 15.7 Å². The molecule has 2 aliphatic heterocycles. The molecule has 4 aromatic carbocycles. The maximum Gasteiger partial charge on any atom is 0.253 e. The Labute approximate surface area is 279 Å². The summed E-state index contributed by atoms with van der Waals surface area (Å²) in [7, 11) is 0. The normalized spacial score (nSPS) is 17.4. The molecule has 0 saturated carbocycles. The van der Waals surface area contributed by atoms with Crippen LogP contribution in [0.5, 0.6) is 0 Å². The number of carbonyl (C=O) groups is 2. The fourth-order valence-electron chi connectivity index (χ4n) is 5.80. The third-order valence-corrected chi connectivity index (χ3v) is 10.8. The van der Waals surface area contributed by atoms with E-state index in [1.165, 1.54) is 11.3 Å². The predicted octanol–water partition coefficient (Wildman–Crippen LogP) is 6.75. The van der Waals surface area contributed by atoms with Gasteiger partial charge >= 0.3 is 0 Å². The van der Waals surface area contributed by atoms with Crippen LogP contribution >= 0.6 is 35.3 Å². The van der Waals surface area contributed by atoms with Gasteiger partial charge in [-0.2, -0.15) is 0 Å². The molecule has 2 aliphatic rings. The quantitative estimate of drug-likeness (QED) is 0.147. The summed E-state index contributed by atoms with van der Waals surface area (Å²) in [6.07, 6.45) is -0.344. The zero-order chi connectivity index (χ0) is 31.6. The number of amides is 2. The van der Waals surface area contributed by atoms with Crippen LogP contribution in [0.3, 0.4) is 0 Å². The number of thiocarbonyl (C=S) groups is 1. The number of carbonyl (C=O) groups excluding carboxylic acids is 2. The second-order valence-electron chi connectivity index (χ2n) is 11.0. The first-order valence-electron chi connectivity index (χ1n) is 14.8. The second kappa shape index (κ2) is 13.0. The van der Waals surface area contributed by atoms with Gasteiger partial charge in [-0.25, -0.2) is 0 Å². The van der Waals surface area contributed by atoms with Gasteiger partial charge in [-0.05, 0) is 41.0 Å². The van der Waals surface area contributed by atoms with Gasteiger partial charge in [0.25, 0.3) is 5.91 Å². The summed E-state index contributed by atoms with van der Waals surface area (Å²) in [5.41, 5.74) is 3.84. The van der Waals surface area contributed by atoms with E-state index in [0.717, 1.165) is 31.8 Å². The summed E-state index contributed by atoms with van der Waals surface area (Å²) in [5.74, 6) is -0.00406. The number of benzene rings is 4. The number of thioether (sulfide) groups is 1. The minimum absolute atomic E-state index is 0.0948. The van der Waals surface area contributed by atoms with Crippen LogP contribution < -0.4 is 10.7 Å². The molecule has 1 aromatic heterocycles. The number of hydrogen-bond acceptors (Lipinski definition) is 7. The van der Waals surface area contributed by atoms with E-state index in [1.54, 1.807) is 22.7 Å². The van der Waals surface area contributed by atoms with Crippen LogP contribution in [0, 0.1) is 0 Å². The maximum atomic E-state index is 13.9. The standard InChI is InChI=1S/C37H28N2O4S3/c40-28-21-30(46-29-19-11-10-18-26(28)29)27-22-45-36-32(38-31(41)20-23-12-4-1-5-13-23)35(42)39(36)33(27)37(44)43-34(24-14-6-2-7-15-24)25-16-8-3-9-17-25/h1-19,21,32,34,36H,20,22H2,(H,38,41)/t32?,36-/m1/s1. The predicted molar refractivity (Wildman–Crippen MR) is 189 cm³/mol. The van der Waals surface area contributed by atoms with Crippen molar-refractivity contribution in [1.29, 1.82) is 0 Å². The van der Waals surface area contributed by atoms with Crippen molar-refractivity contribution in [2.75, 3.05) is 5.75 Å². The largest absolute Gasteiger partial charge is 0.469 e. The Morgan fingerprint density at radius 2 is 1.48 bits per heavy atom. The maximum absolute atomic E-state index is 13.9. The summed E-state index contributed by atoms with van der Waals surface area (Å²) in [5, 5.41) is 3.39. The van der Waals surface area contributed by atoms with Gasteiger partial charge in [-0.15, -0.1) is 23.1 Å². The van der Waals surface area contributed by atoms with Gasteiger partial charge < -0.3 is 10.1 Å². The number of β-lactam (4-membered cyclic amide) rings is 1. The number of rotatable bonds is 8. The fourth-order valence-corrected chi connectivity index (χ4v) is 8.70. The molecule has 46 heavy (non-hydrogen) atoms. The number of hydrogen-bond donors (Lipinski definition) is 1. The van der Waals surface area contributed by atoms with Gasteiger partial charge in [0.1, 0.15) is 23.2 Å². The van der Waals surface area contributed by atoms with Crippen molar-refractivity contribution >= 4 is 67.8 Å². The molecular weight excluding hydrogens is 633 g/mol. The van der Waals surface area contributed by atoms with Crippen LogP contribution in [-0.2, 0) is 20.7 Å². The number of fused-ring (bicyclic) bond motifs is 2. The minimum Gasteiger partial charge on any atom is -0.469 e.